The van der Waals surface area contributed by atoms with Gasteiger partial charge in [0.25, 0.3) is 0 Å². The van der Waals surface area contributed by atoms with E-state index in [1.54, 1.807) is 0 Å². The molecule has 3 rings (SSSR count). The SMILES string of the molecule is CN(Cc1ccc2c(c1)CCO2)C1CCCNCC1.Cl. The molecule has 1 fully saturated rings. The maximum Gasteiger partial charge on any atom is 0.122 e. The maximum atomic E-state index is 5.57. The molecule has 1 N–H and O–H groups in total. The highest BCUT2D eigenvalue weighted by Gasteiger charge is 2.18. The van der Waals surface area contributed by atoms with Gasteiger partial charge < -0.3 is 10.1 Å². The molecule has 0 aromatic heterocycles. The number of halogens is 1. The first-order chi connectivity index (χ1) is 9.33. The minimum Gasteiger partial charge on any atom is -0.493 e. The lowest BCUT2D eigenvalue weighted by atomic mass is 10.1. The molecule has 1 saturated heterocycles. The van der Waals surface area contributed by atoms with Gasteiger partial charge in [0.2, 0.25) is 0 Å². The Morgan fingerprint density at radius 2 is 2.20 bits per heavy atom. The molecule has 0 amide bonds. The molecule has 1 unspecified atom stereocenters. The lowest BCUT2D eigenvalue weighted by molar-refractivity contribution is 0.216. The van der Waals surface area contributed by atoms with Crippen molar-refractivity contribution in [1.82, 2.24) is 10.2 Å². The van der Waals surface area contributed by atoms with E-state index < -0.39 is 0 Å². The molecule has 112 valence electrons. The number of hydrogen-bond donors (Lipinski definition) is 1. The van der Waals surface area contributed by atoms with Crippen molar-refractivity contribution in [3.63, 3.8) is 0 Å². The molecule has 0 bridgehead atoms. The Hall–Kier alpha value is -0.770. The Morgan fingerprint density at radius 3 is 3.10 bits per heavy atom. The first-order valence-corrected chi connectivity index (χ1v) is 7.48. The van der Waals surface area contributed by atoms with Crippen molar-refractivity contribution in [1.29, 1.82) is 0 Å². The van der Waals surface area contributed by atoms with Crippen LogP contribution in [0.5, 0.6) is 5.75 Å². The summed E-state index contributed by atoms with van der Waals surface area (Å²) in [7, 11) is 2.26. The summed E-state index contributed by atoms with van der Waals surface area (Å²) in [6.07, 6.45) is 4.95. The third kappa shape index (κ3) is 3.66. The van der Waals surface area contributed by atoms with Crippen LogP contribution in [0.4, 0.5) is 0 Å². The quantitative estimate of drug-likeness (QED) is 0.928. The Bertz CT molecular complexity index is 430. The molecule has 0 spiro atoms. The van der Waals surface area contributed by atoms with Crippen LogP contribution in [0.15, 0.2) is 18.2 Å². The number of nitrogens with one attached hydrogen (secondary N) is 1. The Labute approximate surface area is 128 Å². The lowest BCUT2D eigenvalue weighted by Crippen LogP contribution is -2.32. The van der Waals surface area contributed by atoms with E-state index in [0.29, 0.717) is 0 Å². The third-order valence-electron chi connectivity index (χ3n) is 4.35. The van der Waals surface area contributed by atoms with Gasteiger partial charge >= 0.3 is 0 Å². The van der Waals surface area contributed by atoms with Crippen LogP contribution >= 0.6 is 12.4 Å². The summed E-state index contributed by atoms with van der Waals surface area (Å²) in [5.41, 5.74) is 2.80. The summed E-state index contributed by atoms with van der Waals surface area (Å²) in [5.74, 6) is 1.09. The smallest absolute Gasteiger partial charge is 0.122 e. The van der Waals surface area contributed by atoms with E-state index in [1.807, 2.05) is 0 Å². The average Bonchev–Trinajstić information content (AvgIpc) is 2.71. The topological polar surface area (TPSA) is 24.5 Å². The molecule has 2 aliphatic rings. The fraction of sp³-hybridized carbons (Fsp3) is 0.625. The molecule has 0 saturated carbocycles. The molecule has 4 heteroatoms. The van der Waals surface area contributed by atoms with Gasteiger partial charge in [0, 0.05) is 19.0 Å². The van der Waals surface area contributed by atoms with Gasteiger partial charge in [0.15, 0.2) is 0 Å². The Kier molecular flexibility index (Phi) is 5.70. The molecule has 0 radical (unpaired) electrons. The van der Waals surface area contributed by atoms with Gasteiger partial charge in [0.05, 0.1) is 6.61 Å². The van der Waals surface area contributed by atoms with Gasteiger partial charge in [-0.1, -0.05) is 12.1 Å². The number of rotatable bonds is 3. The second kappa shape index (κ2) is 7.30. The highest BCUT2D eigenvalue weighted by molar-refractivity contribution is 5.85. The van der Waals surface area contributed by atoms with Gasteiger partial charge in [-0.25, -0.2) is 0 Å². The molecule has 2 aliphatic heterocycles. The molecule has 2 heterocycles. The molecule has 0 aliphatic carbocycles. The summed E-state index contributed by atoms with van der Waals surface area (Å²) < 4.78 is 5.57. The van der Waals surface area contributed by atoms with E-state index in [4.69, 9.17) is 4.74 Å². The molecule has 3 nitrogen and oxygen atoms in total. The molecular weight excluding hydrogens is 272 g/mol. The van der Waals surface area contributed by atoms with Crippen LogP contribution in [0.1, 0.15) is 30.4 Å². The number of ether oxygens (including phenoxy) is 1. The highest BCUT2D eigenvalue weighted by atomic mass is 35.5. The first-order valence-electron chi connectivity index (χ1n) is 7.48. The van der Waals surface area contributed by atoms with Crippen LogP contribution in [0, 0.1) is 0 Å². The highest BCUT2D eigenvalue weighted by Crippen LogP contribution is 2.26. The maximum absolute atomic E-state index is 5.57. The lowest BCUT2D eigenvalue weighted by Gasteiger charge is -2.27. The van der Waals surface area contributed by atoms with Gasteiger partial charge in [-0.3, -0.25) is 4.90 Å². The van der Waals surface area contributed by atoms with Crippen LogP contribution in [0.25, 0.3) is 0 Å². The second-order valence-corrected chi connectivity index (χ2v) is 5.79. The van der Waals surface area contributed by atoms with Crippen LogP contribution < -0.4 is 10.1 Å². The van der Waals surface area contributed by atoms with Gasteiger partial charge in [-0.2, -0.15) is 0 Å². The van der Waals surface area contributed by atoms with Gasteiger partial charge in [-0.15, -0.1) is 12.4 Å². The zero-order valence-corrected chi connectivity index (χ0v) is 13.0. The van der Waals surface area contributed by atoms with Crippen LogP contribution in [-0.4, -0.2) is 37.7 Å². The number of nitrogens with zero attached hydrogens (tertiary/aromatic N) is 1. The summed E-state index contributed by atoms with van der Waals surface area (Å²) in [6.45, 7) is 4.24. The van der Waals surface area contributed by atoms with Gasteiger partial charge in [0.1, 0.15) is 5.75 Å². The third-order valence-corrected chi connectivity index (χ3v) is 4.35. The summed E-state index contributed by atoms with van der Waals surface area (Å²) >= 11 is 0. The minimum atomic E-state index is 0. The van der Waals surface area contributed by atoms with Gasteiger partial charge in [-0.05, 0) is 56.6 Å². The van der Waals surface area contributed by atoms with E-state index in [1.165, 1.54) is 36.9 Å². The van der Waals surface area contributed by atoms with Crippen molar-refractivity contribution in [2.24, 2.45) is 0 Å². The van der Waals surface area contributed by atoms with Crippen molar-refractivity contribution >= 4 is 12.4 Å². The minimum absolute atomic E-state index is 0. The Morgan fingerprint density at radius 1 is 1.30 bits per heavy atom. The standard InChI is InChI=1S/C16H24N2O.ClH/c1-18(15-3-2-8-17-9-6-15)12-13-4-5-16-14(11-13)7-10-19-16;/h4-5,11,15,17H,2-3,6-10,12H2,1H3;1H. The number of benzene rings is 1. The average molecular weight is 297 g/mol. The fourth-order valence-electron chi connectivity index (χ4n) is 3.20. The van der Waals surface area contributed by atoms with E-state index in [2.05, 4.69) is 35.5 Å². The van der Waals surface area contributed by atoms with E-state index in [0.717, 1.165) is 37.9 Å². The molecular formula is C16H25ClN2O. The van der Waals surface area contributed by atoms with Crippen LogP contribution in [0.2, 0.25) is 0 Å². The second-order valence-electron chi connectivity index (χ2n) is 5.79. The van der Waals surface area contributed by atoms with Crippen molar-refractivity contribution < 1.29 is 4.74 Å². The molecule has 1 aromatic carbocycles. The van der Waals surface area contributed by atoms with Crippen molar-refractivity contribution in [2.45, 2.75) is 38.3 Å². The van der Waals surface area contributed by atoms with Crippen molar-refractivity contribution in [3.05, 3.63) is 29.3 Å². The molecule has 20 heavy (non-hydrogen) atoms. The predicted molar refractivity (Wildman–Crippen MR) is 84.9 cm³/mol. The normalized spacial score (nSPS) is 21.8. The molecule has 1 atom stereocenters. The van der Waals surface area contributed by atoms with E-state index in [-0.39, 0.29) is 12.4 Å². The molecule has 1 aromatic rings. The zero-order valence-electron chi connectivity index (χ0n) is 12.2. The fourth-order valence-corrected chi connectivity index (χ4v) is 3.20. The largest absolute Gasteiger partial charge is 0.493 e. The summed E-state index contributed by atoms with van der Waals surface area (Å²) in [6, 6.07) is 7.41. The first kappa shape index (κ1) is 15.6. The van der Waals surface area contributed by atoms with Crippen LogP contribution in [-0.2, 0) is 13.0 Å². The summed E-state index contributed by atoms with van der Waals surface area (Å²) in [4.78, 5) is 2.52. The Balaban J connectivity index is 0.00000147. The van der Waals surface area contributed by atoms with Crippen molar-refractivity contribution in [3.8, 4) is 5.75 Å². The van der Waals surface area contributed by atoms with E-state index >= 15 is 0 Å². The van der Waals surface area contributed by atoms with E-state index in [9.17, 15) is 0 Å². The predicted octanol–water partition coefficient (Wildman–Crippen LogP) is 2.62. The van der Waals surface area contributed by atoms with Crippen molar-refractivity contribution in [2.75, 3.05) is 26.7 Å². The van der Waals surface area contributed by atoms with Crippen LogP contribution in [0.3, 0.4) is 0 Å². The number of fused-ring (bicyclic) bond motifs is 1. The zero-order chi connectivity index (χ0) is 13.1. The summed E-state index contributed by atoms with van der Waals surface area (Å²) in [5, 5.41) is 3.49. The monoisotopic (exact) mass is 296 g/mol. The number of hydrogen-bond acceptors (Lipinski definition) is 3.